The molecule has 0 saturated carbocycles. The number of benzene rings is 1. The van der Waals surface area contributed by atoms with Crippen molar-refractivity contribution in [2.75, 3.05) is 12.3 Å². The number of nitrogens with two attached hydrogens (primary N) is 1. The summed E-state index contributed by atoms with van der Waals surface area (Å²) in [6.45, 7) is 1.78. The average molecular weight is 368 g/mol. The van der Waals surface area contributed by atoms with Gasteiger partial charge in [0.1, 0.15) is 35.8 Å². The monoisotopic (exact) mass is 368 g/mol. The van der Waals surface area contributed by atoms with Crippen LogP contribution >= 0.6 is 0 Å². The molecule has 1 unspecified atom stereocenters. The zero-order chi connectivity index (χ0) is 18.6. The molecular formula is C19H20N4O4. The number of anilines is 1. The number of aromatic nitrogens is 3. The Hall–Kier alpha value is -2.52. The third kappa shape index (κ3) is 2.38. The highest BCUT2D eigenvalue weighted by molar-refractivity contribution is 5.65. The summed E-state index contributed by atoms with van der Waals surface area (Å²) in [5.41, 5.74) is 7.56. The Balaban J connectivity index is 1.56. The molecule has 5 rings (SSSR count). The number of hydrogen-bond donors (Lipinski definition) is 2. The molecule has 2 fully saturated rings. The van der Waals surface area contributed by atoms with E-state index in [9.17, 15) is 5.11 Å². The van der Waals surface area contributed by atoms with Gasteiger partial charge in [-0.3, -0.25) is 0 Å². The minimum Gasteiger partial charge on any atom is -0.394 e. The first-order valence-corrected chi connectivity index (χ1v) is 8.84. The Morgan fingerprint density at radius 1 is 1.19 bits per heavy atom. The van der Waals surface area contributed by atoms with E-state index in [4.69, 9.17) is 19.9 Å². The summed E-state index contributed by atoms with van der Waals surface area (Å²) in [7, 11) is 0. The standard InChI is InChI=1S/C19H20N4O4/c1-19-15(12-7-8-13-17(20)21-10-22-23(12)13)25-14(9-24)16(19)26-18(27-19)11-5-3-2-4-6-11/h2-8,10,14-16,18,24H,9H2,1H3,(H2,20,21,22)/t14-,15+,16-,18?,19+/m1/s1. The molecular weight excluding hydrogens is 348 g/mol. The van der Waals surface area contributed by atoms with Crippen LogP contribution in [0.3, 0.4) is 0 Å². The van der Waals surface area contributed by atoms with Crippen LogP contribution < -0.4 is 5.73 Å². The third-order valence-electron chi connectivity index (χ3n) is 5.40. The van der Waals surface area contributed by atoms with Gasteiger partial charge in [0, 0.05) is 5.56 Å². The lowest BCUT2D eigenvalue weighted by Gasteiger charge is -2.27. The van der Waals surface area contributed by atoms with Crippen LogP contribution in [-0.2, 0) is 14.2 Å². The topological polar surface area (TPSA) is 104 Å². The Morgan fingerprint density at radius 2 is 2.00 bits per heavy atom. The Bertz CT molecular complexity index is 978. The second-order valence-corrected chi connectivity index (χ2v) is 7.04. The summed E-state index contributed by atoms with van der Waals surface area (Å²) in [6, 6.07) is 13.5. The number of fused-ring (bicyclic) bond motifs is 2. The van der Waals surface area contributed by atoms with Crippen LogP contribution in [0.4, 0.5) is 5.82 Å². The number of aliphatic hydroxyl groups excluding tert-OH is 1. The molecule has 8 heteroatoms. The van der Waals surface area contributed by atoms with Crippen molar-refractivity contribution in [1.82, 2.24) is 14.6 Å². The first kappa shape index (κ1) is 16.6. The Labute approximate surface area is 155 Å². The SMILES string of the molecule is C[C@@]12OC(c3ccccc3)O[C@@H]1[C@@H](CO)O[C@H]2c1ccc2c(N)ncnn12. The van der Waals surface area contributed by atoms with Gasteiger partial charge in [-0.15, -0.1) is 0 Å². The number of nitrogens with zero attached hydrogens (tertiary/aromatic N) is 3. The fourth-order valence-electron chi connectivity index (χ4n) is 4.07. The lowest BCUT2D eigenvalue weighted by molar-refractivity contribution is -0.158. The van der Waals surface area contributed by atoms with Gasteiger partial charge >= 0.3 is 0 Å². The second-order valence-electron chi connectivity index (χ2n) is 7.04. The molecule has 27 heavy (non-hydrogen) atoms. The van der Waals surface area contributed by atoms with E-state index in [1.807, 2.05) is 49.4 Å². The molecule has 4 heterocycles. The smallest absolute Gasteiger partial charge is 0.185 e. The van der Waals surface area contributed by atoms with Crippen LogP contribution in [0.15, 0.2) is 48.8 Å². The van der Waals surface area contributed by atoms with Gasteiger partial charge in [-0.2, -0.15) is 5.10 Å². The molecule has 0 radical (unpaired) electrons. The summed E-state index contributed by atoms with van der Waals surface area (Å²) < 4.78 is 20.4. The number of aliphatic hydroxyl groups is 1. The molecule has 1 aromatic carbocycles. The fraction of sp³-hybridized carbons (Fsp3) is 0.368. The van der Waals surface area contributed by atoms with Crippen molar-refractivity contribution in [3.8, 4) is 0 Å². The highest BCUT2D eigenvalue weighted by atomic mass is 16.8. The number of hydrogen-bond acceptors (Lipinski definition) is 7. The van der Waals surface area contributed by atoms with E-state index in [1.165, 1.54) is 6.33 Å². The van der Waals surface area contributed by atoms with E-state index in [1.54, 1.807) is 4.52 Å². The van der Waals surface area contributed by atoms with Crippen molar-refractivity contribution < 1.29 is 19.3 Å². The summed E-state index contributed by atoms with van der Waals surface area (Å²) in [5.74, 6) is 0.389. The molecule has 2 aromatic heterocycles. The van der Waals surface area contributed by atoms with Gasteiger partial charge in [-0.1, -0.05) is 30.3 Å². The highest BCUT2D eigenvalue weighted by Crippen LogP contribution is 2.53. The van der Waals surface area contributed by atoms with E-state index >= 15 is 0 Å². The van der Waals surface area contributed by atoms with Crippen molar-refractivity contribution in [2.45, 2.75) is 37.1 Å². The van der Waals surface area contributed by atoms with Crippen LogP contribution in [0.5, 0.6) is 0 Å². The van der Waals surface area contributed by atoms with Crippen molar-refractivity contribution in [2.24, 2.45) is 0 Å². The van der Waals surface area contributed by atoms with Crippen LogP contribution in [0.1, 0.15) is 30.6 Å². The molecule has 0 aliphatic carbocycles. The predicted octanol–water partition coefficient (Wildman–Crippen LogP) is 1.62. The lowest BCUT2D eigenvalue weighted by Crippen LogP contribution is -2.40. The van der Waals surface area contributed by atoms with Crippen molar-refractivity contribution in [3.05, 3.63) is 60.0 Å². The maximum Gasteiger partial charge on any atom is 0.185 e. The van der Waals surface area contributed by atoms with Crippen LogP contribution in [0.2, 0.25) is 0 Å². The molecule has 3 N–H and O–H groups in total. The van der Waals surface area contributed by atoms with E-state index < -0.39 is 30.2 Å². The largest absolute Gasteiger partial charge is 0.394 e. The number of nitrogen functional groups attached to an aromatic ring is 1. The summed E-state index contributed by atoms with van der Waals surface area (Å²) in [4.78, 5) is 4.02. The van der Waals surface area contributed by atoms with Crippen molar-refractivity contribution >= 4 is 11.3 Å². The van der Waals surface area contributed by atoms with Gasteiger partial charge < -0.3 is 25.1 Å². The Morgan fingerprint density at radius 3 is 2.78 bits per heavy atom. The minimum absolute atomic E-state index is 0.165. The van der Waals surface area contributed by atoms with Gasteiger partial charge in [0.05, 0.1) is 12.3 Å². The van der Waals surface area contributed by atoms with Gasteiger partial charge in [-0.05, 0) is 19.1 Å². The normalized spacial score (nSPS) is 32.8. The van der Waals surface area contributed by atoms with E-state index in [0.29, 0.717) is 11.3 Å². The molecule has 3 aromatic rings. The van der Waals surface area contributed by atoms with E-state index in [0.717, 1.165) is 11.3 Å². The summed E-state index contributed by atoms with van der Waals surface area (Å²) >= 11 is 0. The number of rotatable bonds is 3. The van der Waals surface area contributed by atoms with Gasteiger partial charge in [-0.25, -0.2) is 9.50 Å². The van der Waals surface area contributed by atoms with Gasteiger partial charge in [0.25, 0.3) is 0 Å². The molecule has 2 aliphatic rings. The molecule has 0 amide bonds. The number of ether oxygens (including phenoxy) is 3. The maximum absolute atomic E-state index is 9.84. The molecule has 2 aliphatic heterocycles. The van der Waals surface area contributed by atoms with E-state index in [2.05, 4.69) is 10.1 Å². The quantitative estimate of drug-likeness (QED) is 0.724. The summed E-state index contributed by atoms with van der Waals surface area (Å²) in [6.07, 6.45) is -0.512. The van der Waals surface area contributed by atoms with Crippen LogP contribution in [0.25, 0.3) is 5.52 Å². The van der Waals surface area contributed by atoms with E-state index in [-0.39, 0.29) is 6.61 Å². The molecule has 8 nitrogen and oxygen atoms in total. The minimum atomic E-state index is -0.790. The zero-order valence-corrected chi connectivity index (χ0v) is 14.7. The van der Waals surface area contributed by atoms with Gasteiger partial charge in [0.2, 0.25) is 0 Å². The highest BCUT2D eigenvalue weighted by Gasteiger charge is 2.62. The third-order valence-corrected chi connectivity index (χ3v) is 5.40. The van der Waals surface area contributed by atoms with Crippen LogP contribution in [0, 0.1) is 0 Å². The lowest BCUT2D eigenvalue weighted by atomic mass is 9.91. The molecule has 140 valence electrons. The molecule has 0 spiro atoms. The van der Waals surface area contributed by atoms with Gasteiger partial charge in [0.15, 0.2) is 12.1 Å². The summed E-state index contributed by atoms with van der Waals surface area (Å²) in [5, 5.41) is 14.2. The molecule has 0 bridgehead atoms. The molecule has 5 atom stereocenters. The maximum atomic E-state index is 9.84. The molecule has 2 saturated heterocycles. The Kier molecular flexibility index (Phi) is 3.70. The van der Waals surface area contributed by atoms with Crippen molar-refractivity contribution in [3.63, 3.8) is 0 Å². The fourth-order valence-corrected chi connectivity index (χ4v) is 4.07. The zero-order valence-electron chi connectivity index (χ0n) is 14.7. The first-order valence-electron chi connectivity index (χ1n) is 8.84. The van der Waals surface area contributed by atoms with Crippen molar-refractivity contribution in [1.29, 1.82) is 0 Å². The van der Waals surface area contributed by atoms with Crippen LogP contribution in [-0.4, -0.2) is 44.1 Å². The average Bonchev–Trinajstić information content (AvgIpc) is 3.33. The second kappa shape index (κ2) is 6.00. The first-order chi connectivity index (χ1) is 13.1. The predicted molar refractivity (Wildman–Crippen MR) is 95.6 cm³/mol.